The molecule has 3 rings (SSSR count). The number of ether oxygens (including phenoxy) is 1. The van der Waals surface area contributed by atoms with Gasteiger partial charge in [-0.05, 0) is 68.5 Å². The predicted octanol–water partition coefficient (Wildman–Crippen LogP) is 4.25. The number of halogens is 5. The van der Waals surface area contributed by atoms with Crippen molar-refractivity contribution in [1.82, 2.24) is 4.90 Å². The largest absolute Gasteiger partial charge is 0.494 e. The van der Waals surface area contributed by atoms with Crippen LogP contribution in [0.5, 0.6) is 5.75 Å². The standard InChI is InChI=1S/C19H23F5N2O2/c20-18(21,19(22,23)24)12-26-7-5-13(6-8-26)2-1-9-28-15-3-4-16-14(10-15)11-17(27)25-16/h3-4,10,13H,1-2,5-9,11-12H2,(H,25,27). The van der Waals surface area contributed by atoms with Crippen LogP contribution in [0.25, 0.3) is 0 Å². The number of hydrogen-bond donors (Lipinski definition) is 1. The number of anilines is 1. The molecule has 1 fully saturated rings. The van der Waals surface area contributed by atoms with Crippen LogP contribution >= 0.6 is 0 Å². The number of carbonyl (C=O) groups excluding carboxylic acids is 1. The summed E-state index contributed by atoms with van der Waals surface area (Å²) in [5.74, 6) is -3.70. The Bertz CT molecular complexity index is 700. The summed E-state index contributed by atoms with van der Waals surface area (Å²) in [6, 6.07) is 5.44. The number of benzene rings is 1. The molecule has 2 aliphatic heterocycles. The molecule has 0 aromatic heterocycles. The first-order chi connectivity index (χ1) is 13.1. The summed E-state index contributed by atoms with van der Waals surface area (Å²) in [5, 5.41) is 2.75. The molecule has 156 valence electrons. The third-order valence-electron chi connectivity index (χ3n) is 5.27. The smallest absolute Gasteiger partial charge is 0.454 e. The van der Waals surface area contributed by atoms with Gasteiger partial charge in [-0.3, -0.25) is 9.69 Å². The zero-order valence-corrected chi connectivity index (χ0v) is 15.3. The minimum atomic E-state index is -5.50. The molecule has 0 radical (unpaired) electrons. The van der Waals surface area contributed by atoms with Gasteiger partial charge in [-0.1, -0.05) is 0 Å². The Morgan fingerprint density at radius 2 is 1.86 bits per heavy atom. The van der Waals surface area contributed by atoms with Crippen molar-refractivity contribution >= 4 is 11.6 Å². The van der Waals surface area contributed by atoms with Crippen LogP contribution < -0.4 is 10.1 Å². The maximum Gasteiger partial charge on any atom is 0.454 e. The highest BCUT2D eigenvalue weighted by Gasteiger charge is 2.58. The van der Waals surface area contributed by atoms with Crippen LogP contribution in [0.2, 0.25) is 0 Å². The molecule has 2 aliphatic rings. The fraction of sp³-hybridized carbons (Fsp3) is 0.632. The fourth-order valence-electron chi connectivity index (χ4n) is 3.66. The Hall–Kier alpha value is -1.90. The molecule has 0 atom stereocenters. The average molecular weight is 406 g/mol. The van der Waals surface area contributed by atoms with Gasteiger partial charge < -0.3 is 10.1 Å². The van der Waals surface area contributed by atoms with Crippen LogP contribution in [-0.4, -0.2) is 49.1 Å². The third kappa shape index (κ3) is 5.12. The third-order valence-corrected chi connectivity index (χ3v) is 5.27. The zero-order chi connectivity index (χ0) is 20.4. The van der Waals surface area contributed by atoms with Crippen molar-refractivity contribution < 1.29 is 31.5 Å². The molecule has 0 unspecified atom stereocenters. The lowest BCUT2D eigenvalue weighted by Crippen LogP contribution is -2.49. The zero-order valence-electron chi connectivity index (χ0n) is 15.3. The van der Waals surface area contributed by atoms with Gasteiger partial charge in [-0.2, -0.15) is 22.0 Å². The lowest BCUT2D eigenvalue weighted by atomic mass is 9.92. The van der Waals surface area contributed by atoms with E-state index in [0.717, 1.165) is 24.1 Å². The maximum absolute atomic E-state index is 13.1. The van der Waals surface area contributed by atoms with Gasteiger partial charge in [0.2, 0.25) is 5.91 Å². The number of fused-ring (bicyclic) bond motifs is 1. The molecule has 1 N–H and O–H groups in total. The van der Waals surface area contributed by atoms with E-state index in [1.54, 1.807) is 6.07 Å². The first-order valence-corrected chi connectivity index (χ1v) is 9.36. The highest BCUT2D eigenvalue weighted by molar-refractivity contribution is 5.99. The number of rotatable bonds is 7. The van der Waals surface area contributed by atoms with Crippen molar-refractivity contribution in [2.75, 3.05) is 31.6 Å². The summed E-state index contributed by atoms with van der Waals surface area (Å²) in [7, 11) is 0. The van der Waals surface area contributed by atoms with E-state index < -0.39 is 18.6 Å². The van der Waals surface area contributed by atoms with E-state index in [2.05, 4.69) is 5.32 Å². The lowest BCUT2D eigenvalue weighted by Gasteiger charge is -2.34. The molecule has 1 amide bonds. The van der Waals surface area contributed by atoms with Crippen LogP contribution in [-0.2, 0) is 11.2 Å². The molecule has 0 aliphatic carbocycles. The van der Waals surface area contributed by atoms with Crippen LogP contribution in [0.3, 0.4) is 0 Å². The number of nitrogens with one attached hydrogen (secondary N) is 1. The summed E-state index contributed by atoms with van der Waals surface area (Å²) < 4.78 is 68.8. The molecule has 1 aromatic carbocycles. The number of amides is 1. The van der Waals surface area contributed by atoms with Crippen LogP contribution in [0.15, 0.2) is 18.2 Å². The average Bonchev–Trinajstić information content (AvgIpc) is 2.98. The van der Waals surface area contributed by atoms with Gasteiger partial charge in [0, 0.05) is 5.69 Å². The number of nitrogens with zero attached hydrogens (tertiary/aromatic N) is 1. The number of alkyl halides is 5. The first-order valence-electron chi connectivity index (χ1n) is 9.36. The van der Waals surface area contributed by atoms with Crippen LogP contribution in [0.4, 0.5) is 27.6 Å². The van der Waals surface area contributed by atoms with Crippen molar-refractivity contribution in [3.8, 4) is 5.75 Å². The number of hydrogen-bond acceptors (Lipinski definition) is 3. The molecule has 4 nitrogen and oxygen atoms in total. The summed E-state index contributed by atoms with van der Waals surface area (Å²) in [5.41, 5.74) is 1.71. The van der Waals surface area contributed by atoms with Crippen molar-refractivity contribution in [2.45, 2.75) is 44.2 Å². The molecule has 28 heavy (non-hydrogen) atoms. The number of carbonyl (C=O) groups is 1. The highest BCUT2D eigenvalue weighted by atomic mass is 19.4. The molecular formula is C19H23F5N2O2. The molecule has 0 saturated carbocycles. The second kappa shape index (κ2) is 8.23. The van der Waals surface area contributed by atoms with Crippen molar-refractivity contribution in [2.24, 2.45) is 5.92 Å². The summed E-state index contributed by atoms with van der Waals surface area (Å²) in [6.45, 7) is -0.263. The minimum absolute atomic E-state index is 0.0357. The first kappa shape index (κ1) is 20.8. The molecular weight excluding hydrogens is 383 g/mol. The van der Waals surface area contributed by atoms with Crippen LogP contribution in [0, 0.1) is 5.92 Å². The van der Waals surface area contributed by atoms with Crippen molar-refractivity contribution in [3.05, 3.63) is 23.8 Å². The molecule has 1 saturated heterocycles. The van der Waals surface area contributed by atoms with Gasteiger partial charge in [0.25, 0.3) is 0 Å². The van der Waals surface area contributed by atoms with E-state index >= 15 is 0 Å². The van der Waals surface area contributed by atoms with Gasteiger partial charge >= 0.3 is 12.1 Å². The van der Waals surface area contributed by atoms with E-state index in [1.807, 2.05) is 12.1 Å². The highest BCUT2D eigenvalue weighted by Crippen LogP contribution is 2.37. The normalized spacial score (nSPS) is 18.8. The Morgan fingerprint density at radius 1 is 1.14 bits per heavy atom. The predicted molar refractivity (Wildman–Crippen MR) is 93.7 cm³/mol. The van der Waals surface area contributed by atoms with E-state index in [0.29, 0.717) is 37.5 Å². The second-order valence-electron chi connectivity index (χ2n) is 7.46. The van der Waals surface area contributed by atoms with Gasteiger partial charge in [0.15, 0.2) is 0 Å². The van der Waals surface area contributed by atoms with E-state index in [-0.39, 0.29) is 19.0 Å². The molecule has 0 spiro atoms. The van der Waals surface area contributed by atoms with E-state index in [4.69, 9.17) is 4.74 Å². The molecule has 1 aromatic rings. The molecule has 9 heteroatoms. The SMILES string of the molecule is O=C1Cc2cc(OCCCC3CCN(CC(F)(F)C(F)(F)F)CC3)ccc2N1. The van der Waals surface area contributed by atoms with Gasteiger partial charge in [-0.25, -0.2) is 0 Å². The Labute approximate surface area is 160 Å². The molecule has 0 bridgehead atoms. The van der Waals surface area contributed by atoms with Crippen LogP contribution in [0.1, 0.15) is 31.2 Å². The monoisotopic (exact) mass is 406 g/mol. The fourth-order valence-corrected chi connectivity index (χ4v) is 3.66. The van der Waals surface area contributed by atoms with Crippen molar-refractivity contribution in [1.29, 1.82) is 0 Å². The minimum Gasteiger partial charge on any atom is -0.494 e. The Kier molecular flexibility index (Phi) is 6.12. The van der Waals surface area contributed by atoms with Gasteiger partial charge in [0.05, 0.1) is 19.6 Å². The number of likely N-dealkylation sites (tertiary alicyclic amines) is 1. The molecule has 2 heterocycles. The maximum atomic E-state index is 13.1. The Balaban J connectivity index is 1.34. The van der Waals surface area contributed by atoms with E-state index in [1.165, 1.54) is 4.90 Å². The topological polar surface area (TPSA) is 41.6 Å². The lowest BCUT2D eigenvalue weighted by molar-refractivity contribution is -0.287. The Morgan fingerprint density at radius 3 is 2.54 bits per heavy atom. The van der Waals surface area contributed by atoms with Gasteiger partial charge in [0.1, 0.15) is 5.75 Å². The summed E-state index contributed by atoms with van der Waals surface area (Å²) in [4.78, 5) is 12.5. The quantitative estimate of drug-likeness (QED) is 0.544. The summed E-state index contributed by atoms with van der Waals surface area (Å²) >= 11 is 0. The van der Waals surface area contributed by atoms with Gasteiger partial charge in [-0.15, -0.1) is 0 Å². The van der Waals surface area contributed by atoms with E-state index in [9.17, 15) is 26.7 Å². The van der Waals surface area contributed by atoms with Crippen molar-refractivity contribution in [3.63, 3.8) is 0 Å². The summed E-state index contributed by atoms with van der Waals surface area (Å²) in [6.07, 6.45) is -2.31. The second-order valence-corrected chi connectivity index (χ2v) is 7.46. The number of piperidine rings is 1.